The number of rotatable bonds is 2. The van der Waals surface area contributed by atoms with Gasteiger partial charge >= 0.3 is 0 Å². The third-order valence-corrected chi connectivity index (χ3v) is 4.36. The predicted molar refractivity (Wildman–Crippen MR) is 80.8 cm³/mol. The van der Waals surface area contributed by atoms with Crippen LogP contribution in [-0.2, 0) is 9.53 Å². The zero-order chi connectivity index (χ0) is 14.9. The minimum absolute atomic E-state index is 0.114. The largest absolute Gasteiger partial charge is 0.365 e. The highest BCUT2D eigenvalue weighted by atomic mass is 16.5. The highest BCUT2D eigenvalue weighted by Crippen LogP contribution is 2.22. The van der Waals surface area contributed by atoms with Gasteiger partial charge in [-0.2, -0.15) is 5.10 Å². The van der Waals surface area contributed by atoms with Gasteiger partial charge in [-0.15, -0.1) is 0 Å². The van der Waals surface area contributed by atoms with Crippen LogP contribution in [0.4, 0.5) is 5.82 Å². The summed E-state index contributed by atoms with van der Waals surface area (Å²) in [5, 5.41) is 4.23. The summed E-state index contributed by atoms with van der Waals surface area (Å²) < 4.78 is 7.52. The van der Waals surface area contributed by atoms with Crippen LogP contribution in [0.3, 0.4) is 0 Å². The molecule has 116 valence electrons. The van der Waals surface area contributed by atoms with Crippen molar-refractivity contribution in [2.75, 3.05) is 37.7 Å². The second kappa shape index (κ2) is 5.57. The van der Waals surface area contributed by atoms with Crippen LogP contribution in [-0.4, -0.2) is 64.3 Å². The minimum atomic E-state index is -0.392. The average molecular weight is 301 g/mol. The quantitative estimate of drug-likeness (QED) is 0.811. The van der Waals surface area contributed by atoms with E-state index in [1.165, 1.54) is 0 Å². The van der Waals surface area contributed by atoms with Crippen molar-refractivity contribution in [1.29, 1.82) is 0 Å². The maximum atomic E-state index is 12.5. The highest BCUT2D eigenvalue weighted by Gasteiger charge is 2.32. The van der Waals surface area contributed by atoms with Crippen LogP contribution in [0.2, 0.25) is 0 Å². The third kappa shape index (κ3) is 2.31. The molecule has 0 aliphatic carbocycles. The fourth-order valence-corrected chi connectivity index (χ4v) is 3.22. The molecule has 0 radical (unpaired) electrons. The molecule has 0 bridgehead atoms. The van der Waals surface area contributed by atoms with Gasteiger partial charge in [-0.3, -0.25) is 4.79 Å². The minimum Gasteiger partial charge on any atom is -0.365 e. The lowest BCUT2D eigenvalue weighted by molar-refractivity contribution is -0.143. The Balaban J connectivity index is 1.55. The molecule has 0 aromatic carbocycles. The number of likely N-dealkylation sites (tertiary alicyclic amines) is 1. The Morgan fingerprint density at radius 2 is 2.09 bits per heavy atom. The van der Waals surface area contributed by atoms with E-state index in [1.54, 1.807) is 16.9 Å². The molecule has 2 aliphatic heterocycles. The number of carbonyl (C=O) groups is 1. The van der Waals surface area contributed by atoms with Crippen LogP contribution in [0, 0.1) is 0 Å². The number of amides is 1. The van der Waals surface area contributed by atoms with E-state index < -0.39 is 6.10 Å². The van der Waals surface area contributed by atoms with Gasteiger partial charge in [-0.05, 0) is 18.9 Å². The van der Waals surface area contributed by atoms with Crippen molar-refractivity contribution in [2.45, 2.75) is 18.9 Å². The SMILES string of the molecule is O=C(C1CN(c2nccn3nccc23)CCO1)N1CCCC1. The molecule has 0 saturated carbocycles. The molecule has 1 amide bonds. The lowest BCUT2D eigenvalue weighted by Crippen LogP contribution is -2.50. The predicted octanol–water partition coefficient (Wildman–Crippen LogP) is 0.557. The number of fused-ring (bicyclic) bond motifs is 1. The molecule has 4 rings (SSSR count). The normalized spacial score (nSPS) is 22.5. The molecule has 2 fully saturated rings. The van der Waals surface area contributed by atoms with Crippen molar-refractivity contribution in [1.82, 2.24) is 19.5 Å². The van der Waals surface area contributed by atoms with Gasteiger partial charge in [0.05, 0.1) is 19.3 Å². The van der Waals surface area contributed by atoms with Gasteiger partial charge in [-0.1, -0.05) is 0 Å². The summed E-state index contributed by atoms with van der Waals surface area (Å²) in [7, 11) is 0. The van der Waals surface area contributed by atoms with Gasteiger partial charge in [0, 0.05) is 32.0 Å². The van der Waals surface area contributed by atoms with E-state index in [1.807, 2.05) is 17.2 Å². The molecule has 7 nitrogen and oxygen atoms in total. The van der Waals surface area contributed by atoms with Crippen LogP contribution in [0.1, 0.15) is 12.8 Å². The first-order chi connectivity index (χ1) is 10.8. The first-order valence-electron chi connectivity index (χ1n) is 7.76. The Morgan fingerprint density at radius 1 is 1.23 bits per heavy atom. The molecular formula is C15H19N5O2. The van der Waals surface area contributed by atoms with Gasteiger partial charge < -0.3 is 14.5 Å². The van der Waals surface area contributed by atoms with Crippen molar-refractivity contribution in [3.8, 4) is 0 Å². The summed E-state index contributed by atoms with van der Waals surface area (Å²) in [4.78, 5) is 21.0. The Morgan fingerprint density at radius 3 is 2.95 bits per heavy atom. The summed E-state index contributed by atoms with van der Waals surface area (Å²) in [6.07, 6.45) is 7.12. The molecule has 4 heterocycles. The van der Waals surface area contributed by atoms with E-state index in [2.05, 4.69) is 15.0 Å². The molecule has 22 heavy (non-hydrogen) atoms. The molecule has 2 aromatic rings. The maximum Gasteiger partial charge on any atom is 0.253 e. The lowest BCUT2D eigenvalue weighted by atomic mass is 10.2. The zero-order valence-corrected chi connectivity index (χ0v) is 12.4. The number of morpholine rings is 1. The fraction of sp³-hybridized carbons (Fsp3) is 0.533. The van der Waals surface area contributed by atoms with Gasteiger partial charge in [0.1, 0.15) is 5.52 Å². The second-order valence-corrected chi connectivity index (χ2v) is 5.75. The number of nitrogens with zero attached hydrogens (tertiary/aromatic N) is 5. The summed E-state index contributed by atoms with van der Waals surface area (Å²) in [5.74, 6) is 0.977. The van der Waals surface area contributed by atoms with Crippen LogP contribution in [0.15, 0.2) is 24.7 Å². The molecule has 0 N–H and O–H groups in total. The van der Waals surface area contributed by atoms with E-state index >= 15 is 0 Å². The fourth-order valence-electron chi connectivity index (χ4n) is 3.22. The van der Waals surface area contributed by atoms with E-state index in [-0.39, 0.29) is 5.91 Å². The number of hydrogen-bond donors (Lipinski definition) is 0. The molecule has 2 saturated heterocycles. The van der Waals surface area contributed by atoms with Crippen LogP contribution in [0.25, 0.3) is 5.52 Å². The third-order valence-electron chi connectivity index (χ3n) is 4.36. The molecule has 7 heteroatoms. The van der Waals surface area contributed by atoms with Crippen LogP contribution < -0.4 is 4.90 Å². The molecule has 1 unspecified atom stereocenters. The summed E-state index contributed by atoms with van der Waals surface area (Å²) >= 11 is 0. The summed E-state index contributed by atoms with van der Waals surface area (Å²) in [6, 6.07) is 1.94. The number of ether oxygens (including phenoxy) is 1. The molecular weight excluding hydrogens is 282 g/mol. The Kier molecular flexibility index (Phi) is 3.42. The molecule has 2 aliphatic rings. The Bertz CT molecular complexity index is 679. The van der Waals surface area contributed by atoms with Crippen molar-refractivity contribution < 1.29 is 9.53 Å². The van der Waals surface area contributed by atoms with Crippen molar-refractivity contribution >= 4 is 17.2 Å². The number of anilines is 1. The van der Waals surface area contributed by atoms with E-state index in [4.69, 9.17) is 4.74 Å². The monoisotopic (exact) mass is 301 g/mol. The first kappa shape index (κ1) is 13.5. The standard InChI is InChI=1S/C15H19N5O2/c21-15(18-6-1-2-7-18)13-11-19(9-10-22-13)14-12-3-4-17-20(12)8-5-16-14/h3-5,8,13H,1-2,6-7,9-11H2. The van der Waals surface area contributed by atoms with E-state index in [9.17, 15) is 4.79 Å². The first-order valence-corrected chi connectivity index (χ1v) is 7.76. The van der Waals surface area contributed by atoms with Crippen molar-refractivity contribution in [3.05, 3.63) is 24.7 Å². The molecule has 0 spiro atoms. The maximum absolute atomic E-state index is 12.5. The van der Waals surface area contributed by atoms with Crippen LogP contribution in [0.5, 0.6) is 0 Å². The Hall–Kier alpha value is -2.15. The van der Waals surface area contributed by atoms with Crippen molar-refractivity contribution in [2.24, 2.45) is 0 Å². The van der Waals surface area contributed by atoms with Gasteiger partial charge in [0.15, 0.2) is 11.9 Å². The second-order valence-electron chi connectivity index (χ2n) is 5.75. The van der Waals surface area contributed by atoms with E-state index in [0.29, 0.717) is 13.2 Å². The van der Waals surface area contributed by atoms with Gasteiger partial charge in [0.2, 0.25) is 0 Å². The topological polar surface area (TPSA) is 63.0 Å². The average Bonchev–Trinajstić information content (AvgIpc) is 3.25. The summed E-state index contributed by atoms with van der Waals surface area (Å²) in [6.45, 7) is 3.54. The number of hydrogen-bond acceptors (Lipinski definition) is 5. The smallest absolute Gasteiger partial charge is 0.253 e. The van der Waals surface area contributed by atoms with Gasteiger partial charge in [-0.25, -0.2) is 9.50 Å². The number of aromatic nitrogens is 3. The Labute approximate surface area is 128 Å². The van der Waals surface area contributed by atoms with Gasteiger partial charge in [0.25, 0.3) is 5.91 Å². The van der Waals surface area contributed by atoms with Crippen LogP contribution >= 0.6 is 0 Å². The van der Waals surface area contributed by atoms with E-state index in [0.717, 1.165) is 43.8 Å². The lowest BCUT2D eigenvalue weighted by Gasteiger charge is -2.34. The summed E-state index contributed by atoms with van der Waals surface area (Å²) in [5.41, 5.74) is 0.955. The highest BCUT2D eigenvalue weighted by molar-refractivity contribution is 5.82. The molecule has 2 aromatic heterocycles. The molecule has 1 atom stereocenters. The zero-order valence-electron chi connectivity index (χ0n) is 12.4. The van der Waals surface area contributed by atoms with Crippen molar-refractivity contribution in [3.63, 3.8) is 0 Å². The number of carbonyl (C=O) groups excluding carboxylic acids is 1.